The standard InChI is InChI=1S/C13H14ClF4N3O2/c14-10-1-7(13(16,17)18)5-21(12(10)23)6-11(22)20-4-9-2-8(15)3-19-9/h1,5,8-9,19H,2-4,6H2,(H,20,22)/t8-,9-/m0/s1. The fourth-order valence-corrected chi connectivity index (χ4v) is 2.47. The Morgan fingerprint density at radius 3 is 2.74 bits per heavy atom. The first-order valence-corrected chi connectivity index (χ1v) is 7.16. The van der Waals surface area contributed by atoms with Crippen LogP contribution in [0.3, 0.4) is 0 Å². The van der Waals surface area contributed by atoms with E-state index in [1.807, 2.05) is 0 Å². The number of nitrogens with one attached hydrogen (secondary N) is 2. The topological polar surface area (TPSA) is 63.1 Å². The number of hydrogen-bond acceptors (Lipinski definition) is 3. The molecule has 0 saturated carbocycles. The molecule has 1 aliphatic rings. The predicted octanol–water partition coefficient (Wildman–Crippen LogP) is 1.34. The molecular weight excluding hydrogens is 342 g/mol. The summed E-state index contributed by atoms with van der Waals surface area (Å²) in [7, 11) is 0. The van der Waals surface area contributed by atoms with Gasteiger partial charge in [0.2, 0.25) is 5.91 Å². The van der Waals surface area contributed by atoms with Crippen molar-refractivity contribution in [1.82, 2.24) is 15.2 Å². The van der Waals surface area contributed by atoms with Gasteiger partial charge in [-0.25, -0.2) is 4.39 Å². The van der Waals surface area contributed by atoms with Crippen LogP contribution in [0.15, 0.2) is 17.1 Å². The van der Waals surface area contributed by atoms with Crippen molar-refractivity contribution in [3.05, 3.63) is 33.2 Å². The van der Waals surface area contributed by atoms with Gasteiger partial charge in [-0.1, -0.05) is 11.6 Å². The number of aromatic nitrogens is 1. The van der Waals surface area contributed by atoms with E-state index in [2.05, 4.69) is 10.6 Å². The van der Waals surface area contributed by atoms with Gasteiger partial charge >= 0.3 is 6.18 Å². The lowest BCUT2D eigenvalue weighted by Crippen LogP contribution is -2.40. The van der Waals surface area contributed by atoms with E-state index in [0.717, 1.165) is 0 Å². The van der Waals surface area contributed by atoms with Gasteiger partial charge in [0, 0.05) is 25.3 Å². The van der Waals surface area contributed by atoms with Gasteiger partial charge in [-0.15, -0.1) is 0 Å². The average molecular weight is 356 g/mol. The van der Waals surface area contributed by atoms with Crippen molar-refractivity contribution in [3.8, 4) is 0 Å². The summed E-state index contributed by atoms with van der Waals surface area (Å²) in [6, 6.07) is 0.276. The van der Waals surface area contributed by atoms with Gasteiger partial charge in [-0.2, -0.15) is 13.2 Å². The van der Waals surface area contributed by atoms with E-state index in [1.54, 1.807) is 0 Å². The van der Waals surface area contributed by atoms with E-state index < -0.39 is 40.9 Å². The average Bonchev–Trinajstić information content (AvgIpc) is 2.86. The molecule has 2 heterocycles. The van der Waals surface area contributed by atoms with Crippen LogP contribution in [0.2, 0.25) is 5.02 Å². The molecule has 23 heavy (non-hydrogen) atoms. The van der Waals surface area contributed by atoms with E-state index in [1.165, 1.54) is 0 Å². The summed E-state index contributed by atoms with van der Waals surface area (Å²) in [4.78, 5) is 23.5. The van der Waals surface area contributed by atoms with Crippen LogP contribution >= 0.6 is 11.6 Å². The zero-order valence-corrected chi connectivity index (χ0v) is 12.5. The molecule has 1 aromatic heterocycles. The van der Waals surface area contributed by atoms with Crippen LogP contribution in [0, 0.1) is 0 Å². The number of pyridine rings is 1. The summed E-state index contributed by atoms with van der Waals surface area (Å²) in [6.45, 7) is -0.280. The fourth-order valence-electron chi connectivity index (χ4n) is 2.24. The normalized spacial score (nSPS) is 21.4. The SMILES string of the molecule is O=C(Cn1cc(C(F)(F)F)cc(Cl)c1=O)NC[C@@H]1C[C@H](F)CN1. The van der Waals surface area contributed by atoms with E-state index in [0.29, 0.717) is 16.8 Å². The zero-order chi connectivity index (χ0) is 17.2. The first-order chi connectivity index (χ1) is 10.7. The van der Waals surface area contributed by atoms with E-state index in [4.69, 9.17) is 11.6 Å². The van der Waals surface area contributed by atoms with Crippen LogP contribution < -0.4 is 16.2 Å². The van der Waals surface area contributed by atoms with Crippen molar-refractivity contribution in [2.75, 3.05) is 13.1 Å². The Hall–Kier alpha value is -1.61. The van der Waals surface area contributed by atoms with Crippen molar-refractivity contribution in [1.29, 1.82) is 0 Å². The molecule has 1 saturated heterocycles. The largest absolute Gasteiger partial charge is 0.417 e. The van der Waals surface area contributed by atoms with Crippen LogP contribution in [0.4, 0.5) is 17.6 Å². The van der Waals surface area contributed by atoms with Crippen molar-refractivity contribution < 1.29 is 22.4 Å². The van der Waals surface area contributed by atoms with Crippen LogP contribution in [-0.2, 0) is 17.5 Å². The van der Waals surface area contributed by atoms with Crippen LogP contribution in [0.25, 0.3) is 0 Å². The molecule has 2 atom stereocenters. The van der Waals surface area contributed by atoms with Crippen LogP contribution in [0.1, 0.15) is 12.0 Å². The second-order valence-corrected chi connectivity index (χ2v) is 5.66. The molecule has 0 aliphatic carbocycles. The van der Waals surface area contributed by atoms with E-state index >= 15 is 0 Å². The lowest BCUT2D eigenvalue weighted by Gasteiger charge is -2.14. The second-order valence-electron chi connectivity index (χ2n) is 5.25. The van der Waals surface area contributed by atoms with Gasteiger partial charge in [0.05, 0.1) is 5.56 Å². The highest BCUT2D eigenvalue weighted by molar-refractivity contribution is 6.30. The molecule has 1 aliphatic heterocycles. The lowest BCUT2D eigenvalue weighted by molar-refractivity contribution is -0.138. The first kappa shape index (κ1) is 17.7. The number of alkyl halides is 4. The third-order valence-electron chi connectivity index (χ3n) is 3.40. The molecule has 128 valence electrons. The van der Waals surface area contributed by atoms with Gasteiger partial charge in [0.15, 0.2) is 0 Å². The quantitative estimate of drug-likeness (QED) is 0.801. The predicted molar refractivity (Wildman–Crippen MR) is 75.0 cm³/mol. The molecule has 1 amide bonds. The summed E-state index contributed by atoms with van der Waals surface area (Å²) < 4.78 is 51.6. The highest BCUT2D eigenvalue weighted by Gasteiger charge is 2.32. The zero-order valence-electron chi connectivity index (χ0n) is 11.8. The summed E-state index contributed by atoms with van der Waals surface area (Å²) >= 11 is 5.49. The number of rotatable bonds is 4. The van der Waals surface area contributed by atoms with E-state index in [-0.39, 0.29) is 25.6 Å². The number of hydrogen-bond donors (Lipinski definition) is 2. The minimum Gasteiger partial charge on any atom is -0.353 e. The van der Waals surface area contributed by atoms with Gasteiger partial charge in [0.1, 0.15) is 17.7 Å². The smallest absolute Gasteiger partial charge is 0.353 e. The number of carbonyl (C=O) groups excluding carboxylic acids is 1. The molecule has 0 spiro atoms. The molecular formula is C13H14ClF4N3O2. The molecule has 10 heteroatoms. The number of halogens is 5. The van der Waals surface area contributed by atoms with E-state index in [9.17, 15) is 27.2 Å². The first-order valence-electron chi connectivity index (χ1n) is 6.78. The Labute approximate surface area is 133 Å². The fraction of sp³-hybridized carbons (Fsp3) is 0.538. The minimum absolute atomic E-state index is 0.126. The maximum atomic E-state index is 13.0. The monoisotopic (exact) mass is 355 g/mol. The summed E-state index contributed by atoms with van der Waals surface area (Å²) in [5, 5.41) is 4.67. The molecule has 0 aromatic carbocycles. The van der Waals surface area contributed by atoms with Crippen LogP contribution in [0.5, 0.6) is 0 Å². The van der Waals surface area contributed by atoms with Gasteiger partial charge < -0.3 is 15.2 Å². The van der Waals surface area contributed by atoms with Crippen molar-refractivity contribution in [2.45, 2.75) is 31.4 Å². The lowest BCUT2D eigenvalue weighted by atomic mass is 10.2. The van der Waals surface area contributed by atoms with Crippen molar-refractivity contribution in [3.63, 3.8) is 0 Å². The Morgan fingerprint density at radius 2 is 2.17 bits per heavy atom. The maximum absolute atomic E-state index is 13.0. The second kappa shape index (κ2) is 6.88. The molecule has 1 aromatic rings. The summed E-state index contributed by atoms with van der Waals surface area (Å²) in [5.74, 6) is -0.661. The summed E-state index contributed by atoms with van der Waals surface area (Å²) in [6.07, 6.45) is -4.88. The number of nitrogens with zero attached hydrogens (tertiary/aromatic N) is 1. The third kappa shape index (κ3) is 4.68. The van der Waals surface area contributed by atoms with Gasteiger partial charge in [-0.3, -0.25) is 9.59 Å². The Bertz CT molecular complexity index is 647. The van der Waals surface area contributed by atoms with Gasteiger partial charge in [-0.05, 0) is 12.5 Å². The van der Waals surface area contributed by atoms with Gasteiger partial charge in [0.25, 0.3) is 5.56 Å². The maximum Gasteiger partial charge on any atom is 0.417 e. The molecule has 0 radical (unpaired) electrons. The molecule has 2 rings (SSSR count). The van der Waals surface area contributed by atoms with Crippen molar-refractivity contribution in [2.24, 2.45) is 0 Å². The highest BCUT2D eigenvalue weighted by Crippen LogP contribution is 2.29. The molecule has 1 fully saturated rings. The van der Waals surface area contributed by atoms with Crippen molar-refractivity contribution >= 4 is 17.5 Å². The Balaban J connectivity index is 2.02. The minimum atomic E-state index is -4.68. The Kier molecular flexibility index (Phi) is 5.30. The molecule has 2 N–H and O–H groups in total. The molecule has 5 nitrogen and oxygen atoms in total. The Morgan fingerprint density at radius 1 is 1.48 bits per heavy atom. The number of carbonyl (C=O) groups is 1. The highest BCUT2D eigenvalue weighted by atomic mass is 35.5. The molecule has 0 bridgehead atoms. The van der Waals surface area contributed by atoms with Crippen LogP contribution in [-0.4, -0.2) is 35.8 Å². The molecule has 0 unspecified atom stereocenters. The number of amides is 1. The summed E-state index contributed by atoms with van der Waals surface area (Å²) in [5.41, 5.74) is -2.01. The third-order valence-corrected chi connectivity index (χ3v) is 3.67.